The number of pyridine rings is 1. The largest absolute Gasteiger partial charge is 0.356 e. The van der Waals surface area contributed by atoms with E-state index in [0.29, 0.717) is 5.56 Å². The Kier molecular flexibility index (Phi) is 5.16. The third kappa shape index (κ3) is 4.42. The molecule has 3 N–H and O–H groups in total. The Morgan fingerprint density at radius 2 is 1.78 bits per heavy atom. The van der Waals surface area contributed by atoms with Gasteiger partial charge in [0.2, 0.25) is 11.8 Å². The number of benzene rings is 1. The van der Waals surface area contributed by atoms with E-state index in [2.05, 4.69) is 15.6 Å². The van der Waals surface area contributed by atoms with Gasteiger partial charge in [0.25, 0.3) is 5.56 Å². The molecule has 1 aromatic heterocycles. The molecule has 6 nitrogen and oxygen atoms in total. The number of amides is 2. The number of aryl methyl sites for hydroxylation is 2. The van der Waals surface area contributed by atoms with E-state index in [1.54, 1.807) is 6.07 Å². The third-order valence-corrected chi connectivity index (χ3v) is 3.74. The second kappa shape index (κ2) is 7.09. The van der Waals surface area contributed by atoms with Gasteiger partial charge in [-0.2, -0.15) is 0 Å². The van der Waals surface area contributed by atoms with Crippen molar-refractivity contribution in [3.05, 3.63) is 45.2 Å². The maximum Gasteiger partial charge on any atom is 0.253 e. The SMILES string of the molecule is CC(=O)NCCC(=O)NCc1cc2cc(C)c(C)cc2[nH]c1=O. The minimum absolute atomic E-state index is 0.164. The van der Waals surface area contributed by atoms with Crippen molar-refractivity contribution in [1.29, 1.82) is 0 Å². The molecule has 1 heterocycles. The van der Waals surface area contributed by atoms with Crippen LogP contribution in [-0.2, 0) is 16.1 Å². The summed E-state index contributed by atoms with van der Waals surface area (Å²) in [5, 5.41) is 6.19. The van der Waals surface area contributed by atoms with Crippen LogP contribution in [-0.4, -0.2) is 23.3 Å². The van der Waals surface area contributed by atoms with Gasteiger partial charge in [0.1, 0.15) is 0 Å². The summed E-state index contributed by atoms with van der Waals surface area (Å²) >= 11 is 0. The third-order valence-electron chi connectivity index (χ3n) is 3.74. The van der Waals surface area contributed by atoms with E-state index in [1.807, 2.05) is 26.0 Å². The fourth-order valence-electron chi connectivity index (χ4n) is 2.29. The van der Waals surface area contributed by atoms with E-state index in [1.165, 1.54) is 6.92 Å². The monoisotopic (exact) mass is 315 g/mol. The molecule has 0 radical (unpaired) electrons. The van der Waals surface area contributed by atoms with E-state index in [-0.39, 0.29) is 36.9 Å². The lowest BCUT2D eigenvalue weighted by Crippen LogP contribution is -2.30. The predicted molar refractivity (Wildman–Crippen MR) is 89.2 cm³/mol. The Balaban J connectivity index is 2.07. The average Bonchev–Trinajstić information content (AvgIpc) is 2.47. The maximum atomic E-state index is 12.1. The molecule has 0 unspecified atom stereocenters. The zero-order chi connectivity index (χ0) is 17.0. The number of rotatable bonds is 5. The van der Waals surface area contributed by atoms with Crippen LogP contribution in [0.2, 0.25) is 0 Å². The first-order chi connectivity index (χ1) is 10.9. The molecule has 23 heavy (non-hydrogen) atoms. The Hall–Kier alpha value is -2.63. The molecule has 1 aromatic carbocycles. The van der Waals surface area contributed by atoms with Crippen LogP contribution in [0.15, 0.2) is 23.0 Å². The molecule has 0 aliphatic rings. The van der Waals surface area contributed by atoms with Gasteiger partial charge in [-0.3, -0.25) is 14.4 Å². The number of carbonyl (C=O) groups is 2. The van der Waals surface area contributed by atoms with Gasteiger partial charge in [-0.15, -0.1) is 0 Å². The number of hydrogen-bond acceptors (Lipinski definition) is 3. The number of fused-ring (bicyclic) bond motifs is 1. The van der Waals surface area contributed by atoms with Crippen molar-refractivity contribution in [3.8, 4) is 0 Å². The van der Waals surface area contributed by atoms with Crippen LogP contribution in [0.1, 0.15) is 30.0 Å². The van der Waals surface area contributed by atoms with Crippen LogP contribution < -0.4 is 16.2 Å². The normalized spacial score (nSPS) is 10.6. The number of hydrogen-bond donors (Lipinski definition) is 3. The first-order valence-electron chi connectivity index (χ1n) is 7.51. The second-order valence-electron chi connectivity index (χ2n) is 5.66. The highest BCUT2D eigenvalue weighted by molar-refractivity contribution is 5.81. The number of aromatic nitrogens is 1. The molecule has 2 rings (SSSR count). The van der Waals surface area contributed by atoms with Gasteiger partial charge in [-0.1, -0.05) is 0 Å². The molecule has 0 fully saturated rings. The highest BCUT2D eigenvalue weighted by Gasteiger charge is 2.07. The van der Waals surface area contributed by atoms with Crippen molar-refractivity contribution in [2.24, 2.45) is 0 Å². The topological polar surface area (TPSA) is 91.1 Å². The predicted octanol–water partition coefficient (Wildman–Crippen LogP) is 1.29. The lowest BCUT2D eigenvalue weighted by Gasteiger charge is -2.08. The molecular formula is C17H21N3O3. The lowest BCUT2D eigenvalue weighted by atomic mass is 10.0. The summed E-state index contributed by atoms with van der Waals surface area (Å²) in [6.07, 6.45) is 0.184. The van der Waals surface area contributed by atoms with Gasteiger partial charge in [-0.05, 0) is 48.6 Å². The number of aromatic amines is 1. The van der Waals surface area contributed by atoms with Gasteiger partial charge in [0.05, 0.1) is 0 Å². The number of nitrogens with one attached hydrogen (secondary N) is 3. The van der Waals surface area contributed by atoms with E-state index in [9.17, 15) is 14.4 Å². The first-order valence-corrected chi connectivity index (χ1v) is 7.51. The summed E-state index contributed by atoms with van der Waals surface area (Å²) in [5.41, 5.74) is 3.36. The zero-order valence-corrected chi connectivity index (χ0v) is 13.6. The average molecular weight is 315 g/mol. The Bertz CT molecular complexity index is 809. The number of carbonyl (C=O) groups excluding carboxylic acids is 2. The van der Waals surface area contributed by atoms with Gasteiger partial charge in [0.15, 0.2) is 0 Å². The van der Waals surface area contributed by atoms with E-state index >= 15 is 0 Å². The van der Waals surface area contributed by atoms with Crippen LogP contribution in [0.3, 0.4) is 0 Å². The minimum Gasteiger partial charge on any atom is -0.356 e. The smallest absolute Gasteiger partial charge is 0.253 e. The quantitative estimate of drug-likeness (QED) is 0.776. The Labute approximate surface area is 134 Å². The lowest BCUT2D eigenvalue weighted by molar-refractivity contribution is -0.121. The van der Waals surface area contributed by atoms with Crippen molar-refractivity contribution < 1.29 is 9.59 Å². The van der Waals surface area contributed by atoms with Crippen LogP contribution in [0.25, 0.3) is 10.9 Å². The first kappa shape index (κ1) is 16.7. The molecule has 0 spiro atoms. The summed E-state index contributed by atoms with van der Waals surface area (Å²) in [7, 11) is 0. The molecule has 0 aliphatic carbocycles. The van der Waals surface area contributed by atoms with E-state index < -0.39 is 0 Å². The van der Waals surface area contributed by atoms with Gasteiger partial charge < -0.3 is 15.6 Å². The van der Waals surface area contributed by atoms with Crippen molar-refractivity contribution >= 4 is 22.7 Å². The highest BCUT2D eigenvalue weighted by atomic mass is 16.2. The maximum absolute atomic E-state index is 12.1. The fraction of sp³-hybridized carbons (Fsp3) is 0.353. The van der Waals surface area contributed by atoms with E-state index in [0.717, 1.165) is 22.0 Å². The molecule has 122 valence electrons. The van der Waals surface area contributed by atoms with E-state index in [4.69, 9.17) is 0 Å². The standard InChI is InChI=1S/C17H21N3O3/c1-10-6-13-8-14(17(23)20-15(13)7-11(10)2)9-19-16(22)4-5-18-12(3)21/h6-8H,4-5,9H2,1-3H3,(H,18,21)(H,19,22)(H,20,23). The summed E-state index contributed by atoms with van der Waals surface area (Å²) in [5.74, 6) is -0.382. The summed E-state index contributed by atoms with van der Waals surface area (Å²) < 4.78 is 0. The van der Waals surface area contributed by atoms with Gasteiger partial charge in [-0.25, -0.2) is 0 Å². The molecule has 0 aliphatic heterocycles. The molecule has 0 bridgehead atoms. The highest BCUT2D eigenvalue weighted by Crippen LogP contribution is 2.17. The van der Waals surface area contributed by atoms with Crippen LogP contribution in [0.5, 0.6) is 0 Å². The van der Waals surface area contributed by atoms with Crippen molar-refractivity contribution in [2.75, 3.05) is 6.54 Å². The zero-order valence-electron chi connectivity index (χ0n) is 13.6. The van der Waals surface area contributed by atoms with Crippen LogP contribution in [0.4, 0.5) is 0 Å². The van der Waals surface area contributed by atoms with Crippen molar-refractivity contribution in [2.45, 2.75) is 33.7 Å². The van der Waals surface area contributed by atoms with Crippen LogP contribution >= 0.6 is 0 Å². The fourth-order valence-corrected chi connectivity index (χ4v) is 2.29. The van der Waals surface area contributed by atoms with Crippen molar-refractivity contribution in [1.82, 2.24) is 15.6 Å². The molecule has 0 saturated carbocycles. The second-order valence-corrected chi connectivity index (χ2v) is 5.66. The number of H-pyrrole nitrogens is 1. The van der Waals surface area contributed by atoms with Gasteiger partial charge >= 0.3 is 0 Å². The molecule has 2 aromatic rings. The van der Waals surface area contributed by atoms with Crippen molar-refractivity contribution in [3.63, 3.8) is 0 Å². The summed E-state index contributed by atoms with van der Waals surface area (Å²) in [6.45, 7) is 5.86. The molecular weight excluding hydrogens is 294 g/mol. The molecule has 0 saturated heterocycles. The van der Waals surface area contributed by atoms with Gasteiger partial charge in [0, 0.05) is 37.5 Å². The Morgan fingerprint density at radius 3 is 2.48 bits per heavy atom. The molecule has 6 heteroatoms. The van der Waals surface area contributed by atoms with Crippen LogP contribution in [0, 0.1) is 13.8 Å². The minimum atomic E-state index is -0.210. The summed E-state index contributed by atoms with van der Waals surface area (Å²) in [4.78, 5) is 37.4. The summed E-state index contributed by atoms with van der Waals surface area (Å²) in [6, 6.07) is 5.76. The molecule has 0 atom stereocenters. The molecule has 2 amide bonds. The Morgan fingerprint density at radius 1 is 1.09 bits per heavy atom.